The fourth-order valence-electron chi connectivity index (χ4n) is 4.90. The average molecular weight is 456 g/mol. The van der Waals surface area contributed by atoms with E-state index in [-0.39, 0.29) is 18.6 Å². The van der Waals surface area contributed by atoms with E-state index in [1.807, 2.05) is 24.3 Å². The summed E-state index contributed by atoms with van der Waals surface area (Å²) in [7, 11) is 0. The second-order valence-electron chi connectivity index (χ2n) is 8.37. The van der Waals surface area contributed by atoms with Gasteiger partial charge in [-0.15, -0.1) is 0 Å². The lowest BCUT2D eigenvalue weighted by atomic mass is 10.0. The minimum absolute atomic E-state index is 0. The molecule has 1 saturated heterocycles. The van der Waals surface area contributed by atoms with Crippen molar-refractivity contribution in [3.8, 4) is 5.75 Å². The minimum atomic E-state index is 0. The van der Waals surface area contributed by atoms with Crippen LogP contribution in [0, 0.1) is 0 Å². The van der Waals surface area contributed by atoms with Crippen molar-refractivity contribution >= 4 is 33.5 Å². The third-order valence-corrected chi connectivity index (χ3v) is 6.80. The standard InChI is InChI=1S/C26H27ClNO2.ClH/c1-2-28(18-19-8-4-3-5-9-19)15-7-6-10-26(28)29-21-12-14-23-22-13-11-20(27)16-24(22)30-25(23)17-21;/h3-5,8-9,11-14,16-17,26H,2,6-7,10,15,18H2,1H3;1H/q+1;/p-1. The van der Waals surface area contributed by atoms with E-state index in [4.69, 9.17) is 20.8 Å². The molecule has 4 aromatic rings. The Balaban J connectivity index is 0.00000231. The summed E-state index contributed by atoms with van der Waals surface area (Å²) < 4.78 is 13.7. The van der Waals surface area contributed by atoms with Crippen molar-refractivity contribution in [1.82, 2.24) is 0 Å². The number of piperidine rings is 1. The number of benzene rings is 3. The highest BCUT2D eigenvalue weighted by Crippen LogP contribution is 2.35. The lowest BCUT2D eigenvalue weighted by Gasteiger charge is -2.46. The second-order valence-corrected chi connectivity index (χ2v) is 8.81. The Hall–Kier alpha value is -2.20. The molecule has 1 aromatic heterocycles. The summed E-state index contributed by atoms with van der Waals surface area (Å²) in [6, 6.07) is 22.8. The second kappa shape index (κ2) is 9.12. The van der Waals surface area contributed by atoms with Gasteiger partial charge in [0, 0.05) is 39.9 Å². The van der Waals surface area contributed by atoms with Gasteiger partial charge in [-0.2, -0.15) is 0 Å². The number of quaternary nitrogens is 1. The maximum absolute atomic E-state index is 6.65. The highest BCUT2D eigenvalue weighted by atomic mass is 35.5. The zero-order valence-corrected chi connectivity index (χ0v) is 19.2. The molecule has 0 aliphatic carbocycles. The number of nitrogens with zero attached hydrogens (tertiary/aromatic N) is 1. The van der Waals surface area contributed by atoms with Crippen LogP contribution in [0.15, 0.2) is 71.1 Å². The van der Waals surface area contributed by atoms with Gasteiger partial charge in [0.05, 0.1) is 13.1 Å². The Morgan fingerprint density at radius 2 is 1.71 bits per heavy atom. The summed E-state index contributed by atoms with van der Waals surface area (Å²) in [5, 5.41) is 2.87. The zero-order chi connectivity index (χ0) is 20.6. The first-order chi connectivity index (χ1) is 14.7. The summed E-state index contributed by atoms with van der Waals surface area (Å²) in [6.45, 7) is 5.51. The SMILES string of the molecule is CC[N+]1(Cc2ccccc2)CCCCC1Oc1ccc2c(c1)oc1cc(Cl)ccc12.[Cl-]. The van der Waals surface area contributed by atoms with Gasteiger partial charge in [0.15, 0.2) is 0 Å². The van der Waals surface area contributed by atoms with Gasteiger partial charge in [-0.05, 0) is 44.0 Å². The molecule has 1 aliphatic heterocycles. The Kier molecular flexibility index (Phi) is 6.47. The molecule has 5 rings (SSSR count). The van der Waals surface area contributed by atoms with Crippen molar-refractivity contribution in [3.63, 3.8) is 0 Å². The molecule has 2 atom stereocenters. The molecule has 0 radical (unpaired) electrons. The van der Waals surface area contributed by atoms with E-state index < -0.39 is 0 Å². The van der Waals surface area contributed by atoms with Crippen molar-refractivity contribution in [1.29, 1.82) is 0 Å². The van der Waals surface area contributed by atoms with Crippen molar-refractivity contribution in [3.05, 3.63) is 77.3 Å². The highest BCUT2D eigenvalue weighted by Gasteiger charge is 2.39. The Labute approximate surface area is 194 Å². The van der Waals surface area contributed by atoms with E-state index in [1.165, 1.54) is 18.4 Å². The van der Waals surface area contributed by atoms with Crippen LogP contribution in [0.25, 0.3) is 21.9 Å². The molecule has 0 bridgehead atoms. The molecule has 3 nitrogen and oxygen atoms in total. The van der Waals surface area contributed by atoms with Crippen LogP contribution < -0.4 is 17.1 Å². The number of hydrogen-bond donors (Lipinski definition) is 0. The maximum atomic E-state index is 6.65. The number of likely N-dealkylation sites (tertiary alicyclic amines) is 1. The molecule has 2 heterocycles. The van der Waals surface area contributed by atoms with E-state index in [2.05, 4.69) is 49.4 Å². The van der Waals surface area contributed by atoms with Crippen LogP contribution in [-0.2, 0) is 6.54 Å². The smallest absolute Gasteiger partial charge is 0.233 e. The van der Waals surface area contributed by atoms with E-state index in [0.29, 0.717) is 5.02 Å². The number of hydrogen-bond acceptors (Lipinski definition) is 2. The molecule has 2 unspecified atom stereocenters. The van der Waals surface area contributed by atoms with Crippen LogP contribution in [0.3, 0.4) is 0 Å². The van der Waals surface area contributed by atoms with Gasteiger partial charge >= 0.3 is 0 Å². The van der Waals surface area contributed by atoms with Crippen molar-refractivity contribution in [2.24, 2.45) is 0 Å². The van der Waals surface area contributed by atoms with Crippen LogP contribution in [-0.4, -0.2) is 23.8 Å². The molecule has 0 amide bonds. The normalized spacial score (nSPS) is 21.2. The third kappa shape index (κ3) is 4.27. The van der Waals surface area contributed by atoms with Gasteiger partial charge in [0.2, 0.25) is 6.23 Å². The molecule has 162 valence electrons. The molecule has 1 aliphatic rings. The first-order valence-corrected chi connectivity index (χ1v) is 11.2. The molecule has 0 saturated carbocycles. The number of furan rings is 1. The predicted octanol–water partition coefficient (Wildman–Crippen LogP) is 4.17. The summed E-state index contributed by atoms with van der Waals surface area (Å²) in [4.78, 5) is 0. The van der Waals surface area contributed by atoms with Gasteiger partial charge in [-0.1, -0.05) is 41.9 Å². The predicted molar refractivity (Wildman–Crippen MR) is 123 cm³/mol. The summed E-state index contributed by atoms with van der Waals surface area (Å²) >= 11 is 6.13. The first kappa shape index (κ1) is 22.0. The van der Waals surface area contributed by atoms with E-state index in [9.17, 15) is 0 Å². The zero-order valence-electron chi connectivity index (χ0n) is 17.7. The number of fused-ring (bicyclic) bond motifs is 3. The number of halogens is 2. The third-order valence-electron chi connectivity index (χ3n) is 6.56. The fourth-order valence-corrected chi connectivity index (χ4v) is 5.06. The summed E-state index contributed by atoms with van der Waals surface area (Å²) in [5.41, 5.74) is 3.03. The molecular weight excluding hydrogens is 429 g/mol. The van der Waals surface area contributed by atoms with Gasteiger partial charge in [0.25, 0.3) is 0 Å². The van der Waals surface area contributed by atoms with E-state index in [0.717, 1.165) is 58.2 Å². The Morgan fingerprint density at radius 3 is 2.48 bits per heavy atom. The maximum Gasteiger partial charge on any atom is 0.233 e. The van der Waals surface area contributed by atoms with Crippen LogP contribution in [0.2, 0.25) is 5.02 Å². The van der Waals surface area contributed by atoms with E-state index >= 15 is 0 Å². The van der Waals surface area contributed by atoms with Crippen LogP contribution in [0.1, 0.15) is 31.7 Å². The monoisotopic (exact) mass is 455 g/mol. The molecule has 0 spiro atoms. The first-order valence-electron chi connectivity index (χ1n) is 10.8. The molecular formula is C26H27Cl2NO2. The summed E-state index contributed by atoms with van der Waals surface area (Å²) in [5.74, 6) is 0.878. The molecule has 1 fully saturated rings. The highest BCUT2D eigenvalue weighted by molar-refractivity contribution is 6.31. The van der Waals surface area contributed by atoms with Gasteiger partial charge < -0.3 is 21.6 Å². The lowest BCUT2D eigenvalue weighted by Crippen LogP contribution is -3.00. The van der Waals surface area contributed by atoms with Gasteiger partial charge in [-0.25, -0.2) is 0 Å². The van der Waals surface area contributed by atoms with Crippen molar-refractivity contribution in [2.45, 2.75) is 39.0 Å². The van der Waals surface area contributed by atoms with E-state index in [1.54, 1.807) is 0 Å². The summed E-state index contributed by atoms with van der Waals surface area (Å²) in [6.07, 6.45) is 3.70. The largest absolute Gasteiger partial charge is 1.00 e. The van der Waals surface area contributed by atoms with Crippen LogP contribution in [0.5, 0.6) is 5.75 Å². The Morgan fingerprint density at radius 1 is 0.968 bits per heavy atom. The molecule has 0 N–H and O–H groups in total. The van der Waals surface area contributed by atoms with Gasteiger partial charge in [-0.3, -0.25) is 4.48 Å². The molecule has 31 heavy (non-hydrogen) atoms. The van der Waals surface area contributed by atoms with Crippen molar-refractivity contribution < 1.29 is 26.0 Å². The lowest BCUT2D eigenvalue weighted by molar-refractivity contribution is -0.983. The average Bonchev–Trinajstić information content (AvgIpc) is 3.12. The van der Waals surface area contributed by atoms with Crippen LogP contribution in [0.4, 0.5) is 0 Å². The quantitative estimate of drug-likeness (QED) is 0.421. The number of ether oxygens (including phenoxy) is 1. The molecule has 3 aromatic carbocycles. The van der Waals surface area contributed by atoms with Crippen LogP contribution >= 0.6 is 11.6 Å². The Bertz CT molecular complexity index is 1170. The molecule has 5 heteroatoms. The minimum Gasteiger partial charge on any atom is -1.00 e. The number of rotatable bonds is 5. The fraction of sp³-hybridized carbons (Fsp3) is 0.308. The van der Waals surface area contributed by atoms with Crippen molar-refractivity contribution in [2.75, 3.05) is 13.1 Å². The topological polar surface area (TPSA) is 22.4 Å². The van der Waals surface area contributed by atoms with Gasteiger partial charge in [0.1, 0.15) is 23.5 Å².